The number of imide groups is 1. The van der Waals surface area contributed by atoms with Crippen molar-refractivity contribution in [1.29, 1.82) is 0 Å². The number of nitrogens with one attached hydrogen (secondary N) is 2. The Bertz CT molecular complexity index is 449. The Morgan fingerprint density at radius 3 is 2.56 bits per heavy atom. The van der Waals surface area contributed by atoms with E-state index in [1.165, 1.54) is 17.9 Å². The second-order valence-electron chi connectivity index (χ2n) is 4.39. The van der Waals surface area contributed by atoms with E-state index >= 15 is 0 Å². The van der Waals surface area contributed by atoms with E-state index in [-0.39, 0.29) is 0 Å². The topological polar surface area (TPSA) is 109 Å². The molecule has 0 aliphatic carbocycles. The van der Waals surface area contributed by atoms with E-state index in [1.807, 2.05) is 0 Å². The van der Waals surface area contributed by atoms with Crippen LogP contribution >= 0.6 is 0 Å². The minimum Gasteiger partial charge on any atom is -0.384 e. The van der Waals surface area contributed by atoms with Crippen LogP contribution in [0.4, 0.5) is 4.79 Å². The molecule has 8 heteroatoms. The molecule has 3 N–H and O–H groups in total. The lowest BCUT2D eigenvalue weighted by atomic mass is 10.1. The lowest BCUT2D eigenvalue weighted by Crippen LogP contribution is -2.41. The van der Waals surface area contributed by atoms with Crippen LogP contribution in [0.2, 0.25) is 0 Å². The molecule has 3 amide bonds. The molecular weight excluding hydrogens is 238 g/mol. The molecule has 0 radical (unpaired) electrons. The Kier molecular flexibility index (Phi) is 4.02. The van der Waals surface area contributed by atoms with Gasteiger partial charge in [0, 0.05) is 7.05 Å². The Balaban J connectivity index is 2.78. The van der Waals surface area contributed by atoms with Crippen LogP contribution in [0.1, 0.15) is 32.5 Å². The highest BCUT2D eigenvalue weighted by molar-refractivity contribution is 5.95. The van der Waals surface area contributed by atoms with Gasteiger partial charge in [-0.15, -0.1) is 5.10 Å². The van der Waals surface area contributed by atoms with Crippen LogP contribution in [0.5, 0.6) is 0 Å². The number of urea groups is 1. The number of rotatable bonds is 3. The Morgan fingerprint density at radius 1 is 1.50 bits per heavy atom. The first-order valence-corrected chi connectivity index (χ1v) is 5.43. The molecular formula is C10H17N5O3. The van der Waals surface area contributed by atoms with Crippen molar-refractivity contribution >= 4 is 11.9 Å². The minimum absolute atomic E-state index is 0.349. The van der Waals surface area contributed by atoms with Gasteiger partial charge in [-0.25, -0.2) is 9.48 Å². The fourth-order valence-corrected chi connectivity index (χ4v) is 1.15. The number of nitrogens with zero attached hydrogens (tertiary/aromatic N) is 3. The van der Waals surface area contributed by atoms with Crippen LogP contribution in [-0.4, -0.2) is 39.1 Å². The quantitative estimate of drug-likeness (QED) is 0.676. The first kappa shape index (κ1) is 14.1. The smallest absolute Gasteiger partial charge is 0.321 e. The fourth-order valence-electron chi connectivity index (χ4n) is 1.15. The van der Waals surface area contributed by atoms with Crippen molar-refractivity contribution in [3.05, 3.63) is 11.9 Å². The molecule has 0 aromatic carbocycles. The van der Waals surface area contributed by atoms with E-state index in [0.717, 1.165) is 0 Å². The van der Waals surface area contributed by atoms with Gasteiger partial charge in [0.1, 0.15) is 17.3 Å². The number of aromatic nitrogens is 3. The van der Waals surface area contributed by atoms with E-state index in [2.05, 4.69) is 20.9 Å². The number of carbonyl (C=O) groups is 2. The van der Waals surface area contributed by atoms with Gasteiger partial charge in [0.2, 0.25) is 0 Å². The zero-order valence-electron chi connectivity index (χ0n) is 10.8. The predicted molar refractivity (Wildman–Crippen MR) is 62.6 cm³/mol. The van der Waals surface area contributed by atoms with Crippen molar-refractivity contribution in [3.63, 3.8) is 0 Å². The number of aliphatic hydroxyl groups is 1. The van der Waals surface area contributed by atoms with Crippen LogP contribution < -0.4 is 10.6 Å². The van der Waals surface area contributed by atoms with Gasteiger partial charge in [0.25, 0.3) is 5.91 Å². The Labute approximate surface area is 104 Å². The molecule has 1 heterocycles. The second kappa shape index (κ2) is 5.13. The van der Waals surface area contributed by atoms with Crippen molar-refractivity contribution in [2.45, 2.75) is 32.4 Å². The molecule has 1 aromatic heterocycles. The second-order valence-corrected chi connectivity index (χ2v) is 4.39. The summed E-state index contributed by atoms with van der Waals surface area (Å²) in [4.78, 5) is 22.6. The Morgan fingerprint density at radius 2 is 2.11 bits per heavy atom. The maximum absolute atomic E-state index is 11.6. The standard InChI is InChI=1S/C10H17N5O3/c1-6(8(16)12-9(17)11-4)15-5-7(13-14-15)10(2,3)18/h5-6,18H,1-4H3,(H2,11,12,16,17). The summed E-state index contributed by atoms with van der Waals surface area (Å²) in [6.45, 7) is 4.70. The maximum atomic E-state index is 11.6. The lowest BCUT2D eigenvalue weighted by Gasteiger charge is -2.13. The van der Waals surface area contributed by atoms with Crippen molar-refractivity contribution in [2.75, 3.05) is 7.05 Å². The molecule has 18 heavy (non-hydrogen) atoms. The summed E-state index contributed by atoms with van der Waals surface area (Å²) in [5.74, 6) is -0.512. The average Bonchev–Trinajstić information content (AvgIpc) is 2.76. The molecule has 1 rings (SSSR count). The van der Waals surface area contributed by atoms with Crippen molar-refractivity contribution in [1.82, 2.24) is 25.6 Å². The third-order valence-electron chi connectivity index (χ3n) is 2.38. The SMILES string of the molecule is CNC(=O)NC(=O)C(C)n1cc(C(C)(C)O)nn1. The van der Waals surface area contributed by atoms with Gasteiger partial charge in [-0.05, 0) is 20.8 Å². The first-order chi connectivity index (χ1) is 8.25. The third-order valence-corrected chi connectivity index (χ3v) is 2.38. The van der Waals surface area contributed by atoms with E-state index < -0.39 is 23.6 Å². The van der Waals surface area contributed by atoms with Crippen molar-refractivity contribution in [2.24, 2.45) is 0 Å². The largest absolute Gasteiger partial charge is 0.384 e. The molecule has 1 aromatic rings. The number of amides is 3. The van der Waals surface area contributed by atoms with Crippen molar-refractivity contribution in [3.8, 4) is 0 Å². The van der Waals surface area contributed by atoms with Gasteiger partial charge in [-0.1, -0.05) is 5.21 Å². The van der Waals surface area contributed by atoms with Crippen LogP contribution in [0.3, 0.4) is 0 Å². The number of carbonyl (C=O) groups excluding carboxylic acids is 2. The number of hydrogen-bond donors (Lipinski definition) is 3. The molecule has 0 aliphatic rings. The fraction of sp³-hybridized carbons (Fsp3) is 0.600. The van der Waals surface area contributed by atoms with Gasteiger partial charge in [-0.2, -0.15) is 0 Å². The molecule has 8 nitrogen and oxygen atoms in total. The normalized spacial score (nSPS) is 12.9. The first-order valence-electron chi connectivity index (χ1n) is 5.43. The van der Waals surface area contributed by atoms with E-state index in [1.54, 1.807) is 20.8 Å². The van der Waals surface area contributed by atoms with Crippen LogP contribution in [0.15, 0.2) is 6.20 Å². The summed E-state index contributed by atoms with van der Waals surface area (Å²) in [5.41, 5.74) is -0.781. The highest BCUT2D eigenvalue weighted by atomic mass is 16.3. The van der Waals surface area contributed by atoms with Gasteiger partial charge in [-0.3, -0.25) is 10.1 Å². The van der Waals surface area contributed by atoms with E-state index in [0.29, 0.717) is 5.69 Å². The summed E-state index contributed by atoms with van der Waals surface area (Å²) < 4.78 is 1.28. The van der Waals surface area contributed by atoms with Gasteiger partial charge >= 0.3 is 6.03 Å². The van der Waals surface area contributed by atoms with E-state index in [9.17, 15) is 14.7 Å². The maximum Gasteiger partial charge on any atom is 0.321 e. The molecule has 0 spiro atoms. The van der Waals surface area contributed by atoms with Crippen LogP contribution in [0, 0.1) is 0 Å². The van der Waals surface area contributed by atoms with E-state index in [4.69, 9.17) is 0 Å². The zero-order chi connectivity index (χ0) is 13.9. The summed E-state index contributed by atoms with van der Waals surface area (Å²) in [6, 6.07) is -1.29. The molecule has 0 saturated carbocycles. The number of hydrogen-bond acceptors (Lipinski definition) is 5. The van der Waals surface area contributed by atoms with Gasteiger partial charge < -0.3 is 10.4 Å². The Hall–Kier alpha value is -1.96. The molecule has 0 bridgehead atoms. The monoisotopic (exact) mass is 255 g/mol. The summed E-state index contributed by atoms with van der Waals surface area (Å²) >= 11 is 0. The summed E-state index contributed by atoms with van der Waals surface area (Å²) in [6.07, 6.45) is 1.47. The van der Waals surface area contributed by atoms with Crippen molar-refractivity contribution < 1.29 is 14.7 Å². The van der Waals surface area contributed by atoms with Gasteiger partial charge in [0.15, 0.2) is 0 Å². The minimum atomic E-state index is -1.13. The van der Waals surface area contributed by atoms with Crippen LogP contribution in [-0.2, 0) is 10.4 Å². The summed E-state index contributed by atoms with van der Waals surface area (Å²) in [7, 11) is 1.41. The highest BCUT2D eigenvalue weighted by Gasteiger charge is 2.24. The average molecular weight is 255 g/mol. The van der Waals surface area contributed by atoms with Gasteiger partial charge in [0.05, 0.1) is 6.20 Å². The highest BCUT2D eigenvalue weighted by Crippen LogP contribution is 2.17. The molecule has 100 valence electrons. The van der Waals surface area contributed by atoms with Crippen LogP contribution in [0.25, 0.3) is 0 Å². The molecule has 0 aliphatic heterocycles. The molecule has 1 atom stereocenters. The molecule has 1 unspecified atom stereocenters. The zero-order valence-corrected chi connectivity index (χ0v) is 10.8. The molecule has 0 fully saturated rings. The lowest BCUT2D eigenvalue weighted by molar-refractivity contribution is -0.123. The predicted octanol–water partition coefficient (Wildman–Crippen LogP) is -0.478. The third kappa shape index (κ3) is 3.27. The summed E-state index contributed by atoms with van der Waals surface area (Å²) in [5, 5.41) is 21.7. The molecule has 0 saturated heterocycles.